The molecule has 0 aliphatic heterocycles. The zero-order valence-corrected chi connectivity index (χ0v) is 6.94. The summed E-state index contributed by atoms with van der Waals surface area (Å²) in [5.74, 6) is 0.135. The van der Waals surface area contributed by atoms with Crippen LogP contribution in [0.4, 0.5) is 0 Å². The summed E-state index contributed by atoms with van der Waals surface area (Å²) >= 11 is 1.46. The Bertz CT molecular complexity index is 308. The molecule has 0 N–H and O–H groups in total. The highest BCUT2D eigenvalue weighted by Crippen LogP contribution is 2.14. The Hall–Kier alpha value is -1.14. The number of Topliss-reactive ketones (excluding diaryl/α,β-unsaturated/α-hetero) is 1. The molecule has 0 atom stereocenters. The van der Waals surface area contributed by atoms with Crippen LogP contribution in [0, 0.1) is 11.3 Å². The number of carbonyl (C=O) groups is 1. The Labute approximate surface area is 69.1 Å². The lowest BCUT2D eigenvalue weighted by molar-refractivity contribution is -0.116. The molecule has 3 heteroatoms. The van der Waals surface area contributed by atoms with Gasteiger partial charge in [-0.05, 0) is 13.0 Å². The largest absolute Gasteiger partial charge is 0.300 e. The smallest absolute Gasteiger partial charge is 0.135 e. The topological polar surface area (TPSA) is 40.9 Å². The van der Waals surface area contributed by atoms with Gasteiger partial charge >= 0.3 is 0 Å². The minimum atomic E-state index is 0.135. The van der Waals surface area contributed by atoms with E-state index in [2.05, 4.69) is 0 Å². The first kappa shape index (κ1) is 7.96. The van der Waals surface area contributed by atoms with Gasteiger partial charge in [-0.2, -0.15) is 5.26 Å². The van der Waals surface area contributed by atoms with Crippen molar-refractivity contribution in [2.24, 2.45) is 0 Å². The van der Waals surface area contributed by atoms with Crippen LogP contribution in [-0.4, -0.2) is 5.78 Å². The second-order valence-corrected chi connectivity index (χ2v) is 3.29. The normalized spacial score (nSPS) is 9.09. The van der Waals surface area contributed by atoms with Gasteiger partial charge < -0.3 is 0 Å². The molecule has 1 aromatic rings. The molecule has 2 nitrogen and oxygen atoms in total. The molecule has 1 rings (SSSR count). The van der Waals surface area contributed by atoms with Crippen molar-refractivity contribution >= 4 is 17.1 Å². The summed E-state index contributed by atoms with van der Waals surface area (Å²) in [4.78, 5) is 11.6. The SMILES string of the molecule is CC(=O)Cc1cc(C#N)cs1. The molecule has 11 heavy (non-hydrogen) atoms. The Balaban J connectivity index is 2.75. The molecule has 0 saturated carbocycles. The maximum Gasteiger partial charge on any atom is 0.135 e. The van der Waals surface area contributed by atoms with Crippen molar-refractivity contribution in [3.63, 3.8) is 0 Å². The molecule has 0 saturated heterocycles. The average molecular weight is 165 g/mol. The van der Waals surface area contributed by atoms with E-state index in [1.807, 2.05) is 6.07 Å². The molecule has 0 bridgehead atoms. The van der Waals surface area contributed by atoms with Crippen LogP contribution in [0.25, 0.3) is 0 Å². The predicted octanol–water partition coefficient (Wildman–Crippen LogP) is 1.75. The number of nitrogens with zero attached hydrogens (tertiary/aromatic N) is 1. The monoisotopic (exact) mass is 165 g/mol. The van der Waals surface area contributed by atoms with Gasteiger partial charge in [0.15, 0.2) is 0 Å². The van der Waals surface area contributed by atoms with Crippen molar-refractivity contribution in [2.75, 3.05) is 0 Å². The molecule has 0 radical (unpaired) electrons. The van der Waals surface area contributed by atoms with Crippen molar-refractivity contribution in [3.8, 4) is 6.07 Å². The van der Waals surface area contributed by atoms with E-state index >= 15 is 0 Å². The summed E-state index contributed by atoms with van der Waals surface area (Å²) in [7, 11) is 0. The predicted molar refractivity (Wildman–Crippen MR) is 43.4 cm³/mol. The highest BCUT2D eigenvalue weighted by molar-refractivity contribution is 7.10. The summed E-state index contributed by atoms with van der Waals surface area (Å²) in [5.41, 5.74) is 0.645. The number of carbonyl (C=O) groups excluding carboxylic acids is 1. The molecule has 56 valence electrons. The Morgan fingerprint density at radius 1 is 1.82 bits per heavy atom. The van der Waals surface area contributed by atoms with E-state index in [1.165, 1.54) is 11.3 Å². The lowest BCUT2D eigenvalue weighted by Crippen LogP contribution is -1.92. The standard InChI is InChI=1S/C8H7NOS/c1-6(10)2-8-3-7(4-9)5-11-8/h3,5H,2H2,1H3. The van der Waals surface area contributed by atoms with E-state index in [9.17, 15) is 4.79 Å². The zero-order chi connectivity index (χ0) is 8.27. The number of hydrogen-bond donors (Lipinski definition) is 0. The third kappa shape index (κ3) is 2.17. The molecule has 0 aliphatic rings. The third-order valence-corrected chi connectivity index (χ3v) is 2.14. The molecule has 0 unspecified atom stereocenters. The summed E-state index contributed by atoms with van der Waals surface area (Å²) in [6.45, 7) is 1.55. The maximum atomic E-state index is 10.6. The first-order valence-electron chi connectivity index (χ1n) is 3.19. The summed E-state index contributed by atoms with van der Waals surface area (Å²) < 4.78 is 0. The van der Waals surface area contributed by atoms with Crippen LogP contribution < -0.4 is 0 Å². The van der Waals surface area contributed by atoms with Gasteiger partial charge in [-0.15, -0.1) is 11.3 Å². The van der Waals surface area contributed by atoms with Gasteiger partial charge in [0.2, 0.25) is 0 Å². The molecule has 1 heterocycles. The molecule has 0 aliphatic carbocycles. The minimum Gasteiger partial charge on any atom is -0.300 e. The fourth-order valence-electron chi connectivity index (χ4n) is 0.777. The van der Waals surface area contributed by atoms with Crippen LogP contribution >= 0.6 is 11.3 Å². The second kappa shape index (κ2) is 3.31. The fraction of sp³-hybridized carbons (Fsp3) is 0.250. The molecule has 0 fully saturated rings. The number of nitriles is 1. The van der Waals surface area contributed by atoms with Gasteiger partial charge in [0, 0.05) is 16.7 Å². The van der Waals surface area contributed by atoms with Crippen molar-refractivity contribution in [2.45, 2.75) is 13.3 Å². The van der Waals surface area contributed by atoms with Crippen molar-refractivity contribution < 1.29 is 4.79 Å². The van der Waals surface area contributed by atoms with Crippen LogP contribution in [0.15, 0.2) is 11.4 Å². The molecule has 0 spiro atoms. The number of ketones is 1. The number of thiophene rings is 1. The van der Waals surface area contributed by atoms with Gasteiger partial charge in [-0.1, -0.05) is 0 Å². The van der Waals surface area contributed by atoms with E-state index in [0.29, 0.717) is 12.0 Å². The Morgan fingerprint density at radius 2 is 2.55 bits per heavy atom. The lowest BCUT2D eigenvalue weighted by atomic mass is 10.2. The van der Waals surface area contributed by atoms with Crippen LogP contribution in [0.3, 0.4) is 0 Å². The third-order valence-electron chi connectivity index (χ3n) is 1.21. The van der Waals surface area contributed by atoms with E-state index in [0.717, 1.165) is 4.88 Å². The van der Waals surface area contributed by atoms with Gasteiger partial charge in [-0.3, -0.25) is 4.79 Å². The second-order valence-electron chi connectivity index (χ2n) is 2.29. The highest BCUT2D eigenvalue weighted by atomic mass is 32.1. The van der Waals surface area contributed by atoms with Crippen LogP contribution in [0.1, 0.15) is 17.4 Å². The molecular formula is C8H7NOS. The van der Waals surface area contributed by atoms with Gasteiger partial charge in [0.05, 0.1) is 5.56 Å². The maximum absolute atomic E-state index is 10.6. The first-order valence-corrected chi connectivity index (χ1v) is 4.07. The van der Waals surface area contributed by atoms with Gasteiger partial charge in [-0.25, -0.2) is 0 Å². The Kier molecular flexibility index (Phi) is 2.40. The van der Waals surface area contributed by atoms with E-state index in [1.54, 1.807) is 18.4 Å². The minimum absolute atomic E-state index is 0.135. The van der Waals surface area contributed by atoms with Crippen LogP contribution in [0.5, 0.6) is 0 Å². The molecular weight excluding hydrogens is 158 g/mol. The van der Waals surface area contributed by atoms with E-state index in [4.69, 9.17) is 5.26 Å². The number of hydrogen-bond acceptors (Lipinski definition) is 3. The summed E-state index contributed by atoms with van der Waals surface area (Å²) in [5, 5.41) is 10.2. The van der Waals surface area contributed by atoms with Crippen LogP contribution in [-0.2, 0) is 11.2 Å². The lowest BCUT2D eigenvalue weighted by Gasteiger charge is -1.86. The molecule has 1 aromatic heterocycles. The van der Waals surface area contributed by atoms with Gasteiger partial charge in [0.1, 0.15) is 11.9 Å². The zero-order valence-electron chi connectivity index (χ0n) is 6.13. The first-order chi connectivity index (χ1) is 5.22. The molecule has 0 amide bonds. The summed E-state index contributed by atoms with van der Waals surface area (Å²) in [6, 6.07) is 3.78. The number of rotatable bonds is 2. The fourth-order valence-corrected chi connectivity index (χ4v) is 1.66. The van der Waals surface area contributed by atoms with Crippen LogP contribution in [0.2, 0.25) is 0 Å². The van der Waals surface area contributed by atoms with E-state index in [-0.39, 0.29) is 5.78 Å². The molecule has 0 aromatic carbocycles. The highest BCUT2D eigenvalue weighted by Gasteiger charge is 2.00. The van der Waals surface area contributed by atoms with Crippen molar-refractivity contribution in [1.82, 2.24) is 0 Å². The summed E-state index contributed by atoms with van der Waals surface area (Å²) in [6.07, 6.45) is 0.451. The van der Waals surface area contributed by atoms with Crippen molar-refractivity contribution in [1.29, 1.82) is 5.26 Å². The van der Waals surface area contributed by atoms with Gasteiger partial charge in [0.25, 0.3) is 0 Å². The average Bonchev–Trinajstić information content (AvgIpc) is 2.34. The quantitative estimate of drug-likeness (QED) is 0.669. The van der Waals surface area contributed by atoms with E-state index < -0.39 is 0 Å². The van der Waals surface area contributed by atoms with Crippen molar-refractivity contribution in [3.05, 3.63) is 21.9 Å². The Morgan fingerprint density at radius 3 is 3.00 bits per heavy atom.